The van der Waals surface area contributed by atoms with Crippen molar-refractivity contribution in [3.63, 3.8) is 0 Å². The van der Waals surface area contributed by atoms with Crippen molar-refractivity contribution in [1.29, 1.82) is 0 Å². The standard InChI is InChI=1S/C22H21FN6O4S/c1-12-17-19(31)28(15-5-7-24-18(15)30)22(32)27(21(17)34-20(12)29-25-8-9-26-29)10-6-13-11-14(23)3-4-16(13)33-2/h3-4,8-9,11,15H,5-7,10H2,1-2H3,(H,24,30)/t15-/m0/s1. The Morgan fingerprint density at radius 1 is 1.24 bits per heavy atom. The zero-order valence-corrected chi connectivity index (χ0v) is 19.3. The number of nitrogens with one attached hydrogen (secondary N) is 1. The summed E-state index contributed by atoms with van der Waals surface area (Å²) in [6.45, 7) is 2.30. The first kappa shape index (κ1) is 22.0. The highest BCUT2D eigenvalue weighted by Crippen LogP contribution is 2.31. The third-order valence-corrected chi connectivity index (χ3v) is 7.28. The van der Waals surface area contributed by atoms with Gasteiger partial charge in [0.25, 0.3) is 5.56 Å². The molecule has 5 rings (SSSR count). The predicted molar refractivity (Wildman–Crippen MR) is 123 cm³/mol. The van der Waals surface area contributed by atoms with Gasteiger partial charge in [-0.3, -0.25) is 14.2 Å². The first-order chi connectivity index (χ1) is 16.4. The maximum Gasteiger partial charge on any atom is 0.332 e. The van der Waals surface area contributed by atoms with Crippen molar-refractivity contribution < 1.29 is 13.9 Å². The number of carbonyl (C=O) groups excluding carboxylic acids is 1. The average molecular weight is 485 g/mol. The van der Waals surface area contributed by atoms with E-state index in [0.717, 1.165) is 4.57 Å². The van der Waals surface area contributed by atoms with E-state index in [1.54, 1.807) is 6.92 Å². The summed E-state index contributed by atoms with van der Waals surface area (Å²) in [4.78, 5) is 41.4. The van der Waals surface area contributed by atoms with Crippen molar-refractivity contribution in [2.24, 2.45) is 0 Å². The van der Waals surface area contributed by atoms with Crippen LogP contribution in [0.15, 0.2) is 40.2 Å². The number of aryl methyl sites for hydroxylation is 3. The Labute approximate surface area is 196 Å². The van der Waals surface area contributed by atoms with Gasteiger partial charge in [0.05, 0.1) is 24.9 Å². The minimum absolute atomic E-state index is 0.149. The van der Waals surface area contributed by atoms with E-state index in [2.05, 4.69) is 15.5 Å². The lowest BCUT2D eigenvalue weighted by Crippen LogP contribution is -2.44. The molecule has 34 heavy (non-hydrogen) atoms. The molecule has 0 radical (unpaired) electrons. The lowest BCUT2D eigenvalue weighted by atomic mass is 10.1. The third kappa shape index (κ3) is 3.50. The average Bonchev–Trinajstić information content (AvgIpc) is 3.55. The molecule has 0 bridgehead atoms. The summed E-state index contributed by atoms with van der Waals surface area (Å²) in [5.41, 5.74) is 0.0940. The van der Waals surface area contributed by atoms with E-state index in [0.29, 0.717) is 45.1 Å². The van der Waals surface area contributed by atoms with E-state index in [-0.39, 0.29) is 18.9 Å². The van der Waals surface area contributed by atoms with Gasteiger partial charge in [0.2, 0.25) is 5.91 Å². The summed E-state index contributed by atoms with van der Waals surface area (Å²) in [5.74, 6) is -0.281. The molecule has 0 spiro atoms. The molecule has 1 N–H and O–H groups in total. The SMILES string of the molecule is COc1ccc(F)cc1CCn1c(=O)n([C@H]2CCNC2=O)c(=O)c2c(C)c(-n3nccn3)sc21. The highest BCUT2D eigenvalue weighted by atomic mass is 32.1. The number of thiophene rings is 1. The maximum absolute atomic E-state index is 13.9. The molecule has 4 aromatic rings. The Morgan fingerprint density at radius 3 is 2.68 bits per heavy atom. The Hall–Kier alpha value is -3.80. The number of hydrogen-bond donors (Lipinski definition) is 1. The lowest BCUT2D eigenvalue weighted by Gasteiger charge is -2.16. The number of halogens is 1. The fourth-order valence-corrected chi connectivity index (χ4v) is 5.57. The Morgan fingerprint density at radius 2 is 2.00 bits per heavy atom. The molecule has 1 saturated heterocycles. The second-order valence-corrected chi connectivity index (χ2v) is 8.92. The van der Waals surface area contributed by atoms with Crippen molar-refractivity contribution in [2.45, 2.75) is 32.4 Å². The molecular formula is C22H21FN6O4S. The second-order valence-electron chi connectivity index (χ2n) is 7.94. The van der Waals surface area contributed by atoms with Gasteiger partial charge in [0.15, 0.2) is 0 Å². The van der Waals surface area contributed by atoms with Crippen LogP contribution in [0.2, 0.25) is 0 Å². The number of hydrogen-bond acceptors (Lipinski definition) is 7. The van der Waals surface area contributed by atoms with Crippen molar-refractivity contribution in [3.05, 3.63) is 68.4 Å². The summed E-state index contributed by atoms with van der Waals surface area (Å²) in [7, 11) is 1.49. The number of fused-ring (bicyclic) bond motifs is 1. The Bertz CT molecular complexity index is 1520. The largest absolute Gasteiger partial charge is 0.496 e. The summed E-state index contributed by atoms with van der Waals surface area (Å²) < 4.78 is 21.7. The summed E-state index contributed by atoms with van der Waals surface area (Å²) in [6.07, 6.45) is 3.66. The van der Waals surface area contributed by atoms with Crippen LogP contribution in [0.5, 0.6) is 5.75 Å². The minimum atomic E-state index is -0.884. The fraction of sp³-hybridized carbons (Fsp3) is 0.318. The van der Waals surface area contributed by atoms with Gasteiger partial charge in [-0.15, -0.1) is 4.80 Å². The smallest absolute Gasteiger partial charge is 0.332 e. The topological polar surface area (TPSA) is 113 Å². The van der Waals surface area contributed by atoms with E-state index < -0.39 is 23.1 Å². The number of carbonyl (C=O) groups is 1. The van der Waals surface area contributed by atoms with Crippen LogP contribution in [0.25, 0.3) is 15.2 Å². The van der Waals surface area contributed by atoms with Gasteiger partial charge >= 0.3 is 5.69 Å². The number of nitrogens with zero attached hydrogens (tertiary/aromatic N) is 5. The molecule has 1 aliphatic rings. The van der Waals surface area contributed by atoms with E-state index in [9.17, 15) is 18.8 Å². The highest BCUT2D eigenvalue weighted by Gasteiger charge is 2.31. The molecule has 1 fully saturated rings. The number of benzene rings is 1. The quantitative estimate of drug-likeness (QED) is 0.445. The first-order valence-electron chi connectivity index (χ1n) is 10.7. The molecule has 10 nitrogen and oxygen atoms in total. The minimum Gasteiger partial charge on any atom is -0.496 e. The molecule has 0 aliphatic carbocycles. The number of methoxy groups -OCH3 is 1. The van der Waals surface area contributed by atoms with Crippen LogP contribution in [0, 0.1) is 12.7 Å². The van der Waals surface area contributed by atoms with Gasteiger partial charge in [-0.1, -0.05) is 11.3 Å². The first-order valence-corrected chi connectivity index (χ1v) is 11.5. The van der Waals surface area contributed by atoms with E-state index in [1.165, 1.54) is 58.4 Å². The maximum atomic E-state index is 13.9. The summed E-state index contributed by atoms with van der Waals surface area (Å²) in [5, 5.41) is 11.9. The fourth-order valence-electron chi connectivity index (χ4n) is 4.34. The molecule has 1 aliphatic heterocycles. The lowest BCUT2D eigenvalue weighted by molar-refractivity contribution is -0.122. The normalized spacial score (nSPS) is 15.7. The number of rotatable bonds is 6. The van der Waals surface area contributed by atoms with Crippen LogP contribution in [0.3, 0.4) is 0 Å². The van der Waals surface area contributed by atoms with Crippen molar-refractivity contribution in [1.82, 2.24) is 29.4 Å². The molecule has 1 aromatic carbocycles. The molecule has 176 valence electrons. The van der Waals surface area contributed by atoms with E-state index in [1.807, 2.05) is 0 Å². The summed E-state index contributed by atoms with van der Waals surface area (Å²) in [6, 6.07) is 3.31. The van der Waals surface area contributed by atoms with Crippen molar-refractivity contribution in [2.75, 3.05) is 13.7 Å². The van der Waals surface area contributed by atoms with Gasteiger partial charge < -0.3 is 10.1 Å². The highest BCUT2D eigenvalue weighted by molar-refractivity contribution is 7.21. The molecule has 1 atom stereocenters. The second kappa shape index (κ2) is 8.52. The monoisotopic (exact) mass is 484 g/mol. The van der Waals surface area contributed by atoms with Gasteiger partial charge in [0.1, 0.15) is 27.4 Å². The van der Waals surface area contributed by atoms with Crippen LogP contribution in [-0.2, 0) is 17.8 Å². The van der Waals surface area contributed by atoms with Crippen LogP contribution >= 0.6 is 11.3 Å². The van der Waals surface area contributed by atoms with E-state index in [4.69, 9.17) is 4.74 Å². The molecule has 0 saturated carbocycles. The zero-order chi connectivity index (χ0) is 24.0. The van der Waals surface area contributed by atoms with Crippen LogP contribution in [0.1, 0.15) is 23.6 Å². The molecule has 4 heterocycles. The van der Waals surface area contributed by atoms with Crippen LogP contribution in [-0.4, -0.2) is 43.7 Å². The van der Waals surface area contributed by atoms with Crippen molar-refractivity contribution in [3.8, 4) is 10.8 Å². The summed E-state index contributed by atoms with van der Waals surface area (Å²) >= 11 is 1.22. The molecule has 0 unspecified atom stereocenters. The number of aromatic nitrogens is 5. The molecule has 3 aromatic heterocycles. The number of amides is 1. The Kier molecular flexibility index (Phi) is 5.52. The van der Waals surface area contributed by atoms with Gasteiger partial charge in [0, 0.05) is 18.7 Å². The zero-order valence-electron chi connectivity index (χ0n) is 18.4. The van der Waals surface area contributed by atoms with E-state index >= 15 is 0 Å². The van der Waals surface area contributed by atoms with Crippen molar-refractivity contribution >= 4 is 27.5 Å². The van der Waals surface area contributed by atoms with Gasteiger partial charge in [-0.2, -0.15) is 10.2 Å². The van der Waals surface area contributed by atoms with Crippen LogP contribution in [0.4, 0.5) is 4.39 Å². The van der Waals surface area contributed by atoms with Crippen LogP contribution < -0.4 is 21.3 Å². The Balaban J connectivity index is 1.72. The molecule has 12 heteroatoms. The molecular weight excluding hydrogens is 463 g/mol. The number of ether oxygens (including phenoxy) is 1. The molecule has 1 amide bonds. The van der Waals surface area contributed by atoms with Gasteiger partial charge in [-0.05, 0) is 43.5 Å². The van der Waals surface area contributed by atoms with Gasteiger partial charge in [-0.25, -0.2) is 13.8 Å². The third-order valence-electron chi connectivity index (χ3n) is 6.00. The predicted octanol–water partition coefficient (Wildman–Crippen LogP) is 1.57.